The van der Waals surface area contributed by atoms with Crippen molar-refractivity contribution < 1.29 is 14.6 Å². The molecule has 0 saturated heterocycles. The quantitative estimate of drug-likeness (QED) is 0.922. The van der Waals surface area contributed by atoms with Crippen molar-refractivity contribution in [2.75, 3.05) is 27.8 Å². The molecule has 23 heavy (non-hydrogen) atoms. The number of benzene rings is 2. The number of aliphatic hydroxyl groups is 1. The highest BCUT2D eigenvalue weighted by atomic mass is 16.5. The van der Waals surface area contributed by atoms with E-state index in [1.54, 1.807) is 26.1 Å². The van der Waals surface area contributed by atoms with Gasteiger partial charge in [-0.05, 0) is 41.0 Å². The van der Waals surface area contributed by atoms with Gasteiger partial charge in [-0.3, -0.25) is 4.79 Å². The van der Waals surface area contributed by atoms with Gasteiger partial charge in [-0.1, -0.05) is 25.1 Å². The summed E-state index contributed by atoms with van der Waals surface area (Å²) in [7, 11) is 5.10. The second kappa shape index (κ2) is 7.29. The number of carbonyl (C=O) groups excluding carboxylic acids is 1. The van der Waals surface area contributed by atoms with Crippen molar-refractivity contribution in [1.82, 2.24) is 4.90 Å². The Bertz CT molecular complexity index is 695. The van der Waals surface area contributed by atoms with Crippen LogP contribution in [-0.4, -0.2) is 43.7 Å². The molecule has 0 saturated carbocycles. The minimum absolute atomic E-state index is 0.0171. The number of amides is 1. The Kier molecular flexibility index (Phi) is 5.40. The molecule has 1 atom stereocenters. The molecule has 1 amide bonds. The van der Waals surface area contributed by atoms with Crippen LogP contribution in [0.2, 0.25) is 0 Å². The van der Waals surface area contributed by atoms with Gasteiger partial charge < -0.3 is 14.7 Å². The number of aliphatic hydroxyl groups excluding tert-OH is 1. The molecule has 0 heterocycles. The van der Waals surface area contributed by atoms with Crippen molar-refractivity contribution in [3.8, 4) is 16.9 Å². The Balaban J connectivity index is 2.46. The summed E-state index contributed by atoms with van der Waals surface area (Å²) in [6.07, 6.45) is 0. The minimum atomic E-state index is -0.0238. The summed E-state index contributed by atoms with van der Waals surface area (Å²) < 4.78 is 5.38. The average Bonchev–Trinajstić information content (AvgIpc) is 2.59. The molecule has 0 spiro atoms. The van der Waals surface area contributed by atoms with Gasteiger partial charge in [-0.25, -0.2) is 0 Å². The zero-order chi connectivity index (χ0) is 17.0. The average molecular weight is 313 g/mol. The molecular formula is C19H23NO3. The van der Waals surface area contributed by atoms with E-state index in [2.05, 4.69) is 0 Å². The van der Waals surface area contributed by atoms with Crippen LogP contribution in [0.5, 0.6) is 5.75 Å². The van der Waals surface area contributed by atoms with Gasteiger partial charge in [0.2, 0.25) is 0 Å². The summed E-state index contributed by atoms with van der Waals surface area (Å²) in [6, 6.07) is 13.4. The molecule has 4 nitrogen and oxygen atoms in total. The predicted molar refractivity (Wildman–Crippen MR) is 91.9 cm³/mol. The standard InChI is InChI=1S/C19H23NO3/c1-13(12-21)17-11-15(8-9-18(17)23-4)14-6-5-7-16(10-14)19(22)20(2)3/h5-11,13,21H,12H2,1-4H3. The van der Waals surface area contributed by atoms with Crippen molar-refractivity contribution >= 4 is 5.91 Å². The lowest BCUT2D eigenvalue weighted by Gasteiger charge is -2.16. The molecule has 2 aromatic rings. The molecule has 0 bridgehead atoms. The fourth-order valence-corrected chi connectivity index (χ4v) is 2.49. The van der Waals surface area contributed by atoms with Crippen LogP contribution < -0.4 is 4.74 Å². The van der Waals surface area contributed by atoms with Gasteiger partial charge in [0.1, 0.15) is 5.75 Å². The normalized spacial score (nSPS) is 11.9. The first-order valence-corrected chi connectivity index (χ1v) is 7.58. The van der Waals surface area contributed by atoms with Crippen LogP contribution >= 0.6 is 0 Å². The third-order valence-electron chi connectivity index (χ3n) is 3.88. The zero-order valence-corrected chi connectivity index (χ0v) is 14.0. The maximum absolute atomic E-state index is 12.1. The molecule has 4 heteroatoms. The second-order valence-corrected chi connectivity index (χ2v) is 5.82. The smallest absolute Gasteiger partial charge is 0.253 e. The lowest BCUT2D eigenvalue weighted by atomic mass is 9.95. The molecule has 122 valence electrons. The maximum Gasteiger partial charge on any atom is 0.253 e. The fraction of sp³-hybridized carbons (Fsp3) is 0.316. The first-order chi connectivity index (χ1) is 11.0. The van der Waals surface area contributed by atoms with Crippen molar-refractivity contribution in [1.29, 1.82) is 0 Å². The summed E-state index contributed by atoms with van der Waals surface area (Å²) in [5.74, 6) is 0.719. The second-order valence-electron chi connectivity index (χ2n) is 5.82. The van der Waals surface area contributed by atoms with E-state index in [0.717, 1.165) is 22.4 Å². The summed E-state index contributed by atoms with van der Waals surface area (Å²) >= 11 is 0. The highest BCUT2D eigenvalue weighted by Gasteiger charge is 2.13. The fourth-order valence-electron chi connectivity index (χ4n) is 2.49. The van der Waals surface area contributed by atoms with E-state index in [1.807, 2.05) is 49.4 Å². The minimum Gasteiger partial charge on any atom is -0.496 e. The van der Waals surface area contributed by atoms with E-state index in [-0.39, 0.29) is 18.4 Å². The van der Waals surface area contributed by atoms with Crippen molar-refractivity contribution in [2.45, 2.75) is 12.8 Å². The van der Waals surface area contributed by atoms with Crippen LogP contribution in [0.25, 0.3) is 11.1 Å². The van der Waals surface area contributed by atoms with E-state index < -0.39 is 0 Å². The van der Waals surface area contributed by atoms with E-state index in [4.69, 9.17) is 4.74 Å². The van der Waals surface area contributed by atoms with Crippen LogP contribution in [0.1, 0.15) is 28.8 Å². The van der Waals surface area contributed by atoms with Crippen molar-refractivity contribution in [3.05, 3.63) is 53.6 Å². The molecule has 0 radical (unpaired) electrons. The summed E-state index contributed by atoms with van der Waals surface area (Å²) in [4.78, 5) is 13.7. The van der Waals surface area contributed by atoms with Crippen LogP contribution in [0.4, 0.5) is 0 Å². The highest BCUT2D eigenvalue weighted by Crippen LogP contribution is 2.31. The first kappa shape index (κ1) is 17.0. The number of methoxy groups -OCH3 is 1. The van der Waals surface area contributed by atoms with E-state index in [1.165, 1.54) is 0 Å². The number of ether oxygens (including phenoxy) is 1. The summed E-state index contributed by atoms with van der Waals surface area (Å²) in [6.45, 7) is 2.01. The number of carbonyl (C=O) groups is 1. The Morgan fingerprint density at radius 2 is 1.87 bits per heavy atom. The Morgan fingerprint density at radius 1 is 1.17 bits per heavy atom. The van der Waals surface area contributed by atoms with Crippen LogP contribution in [0, 0.1) is 0 Å². The van der Waals surface area contributed by atoms with Gasteiger partial charge in [-0.15, -0.1) is 0 Å². The molecule has 2 rings (SSSR count). The van der Waals surface area contributed by atoms with Gasteiger partial charge in [0.25, 0.3) is 5.91 Å². The lowest BCUT2D eigenvalue weighted by molar-refractivity contribution is 0.0827. The van der Waals surface area contributed by atoms with Gasteiger partial charge in [0.05, 0.1) is 7.11 Å². The topological polar surface area (TPSA) is 49.8 Å². The van der Waals surface area contributed by atoms with Crippen molar-refractivity contribution in [3.63, 3.8) is 0 Å². The maximum atomic E-state index is 12.1. The Labute approximate surface area is 137 Å². The highest BCUT2D eigenvalue weighted by molar-refractivity contribution is 5.95. The molecule has 0 aliphatic rings. The third kappa shape index (κ3) is 3.71. The first-order valence-electron chi connectivity index (χ1n) is 7.58. The monoisotopic (exact) mass is 313 g/mol. The van der Waals surface area contributed by atoms with E-state index in [0.29, 0.717) is 5.56 Å². The SMILES string of the molecule is COc1ccc(-c2cccc(C(=O)N(C)C)c2)cc1C(C)CO. The Hall–Kier alpha value is -2.33. The molecule has 0 aliphatic heterocycles. The van der Waals surface area contributed by atoms with Crippen LogP contribution in [-0.2, 0) is 0 Å². The van der Waals surface area contributed by atoms with Crippen molar-refractivity contribution in [2.24, 2.45) is 0 Å². The van der Waals surface area contributed by atoms with Crippen LogP contribution in [0.15, 0.2) is 42.5 Å². The molecule has 0 aliphatic carbocycles. The molecule has 0 aromatic heterocycles. The number of rotatable bonds is 5. The lowest BCUT2D eigenvalue weighted by Crippen LogP contribution is -2.21. The molecular weight excluding hydrogens is 290 g/mol. The van der Waals surface area contributed by atoms with Gasteiger partial charge in [-0.2, -0.15) is 0 Å². The molecule has 0 fully saturated rings. The molecule has 1 unspecified atom stereocenters. The van der Waals surface area contributed by atoms with Gasteiger partial charge >= 0.3 is 0 Å². The molecule has 1 N–H and O–H groups in total. The van der Waals surface area contributed by atoms with Gasteiger partial charge in [0.15, 0.2) is 0 Å². The zero-order valence-electron chi connectivity index (χ0n) is 14.0. The summed E-state index contributed by atoms with van der Waals surface area (Å²) in [5, 5.41) is 9.44. The number of hydrogen-bond donors (Lipinski definition) is 1. The van der Waals surface area contributed by atoms with E-state index in [9.17, 15) is 9.90 Å². The Morgan fingerprint density at radius 3 is 2.48 bits per heavy atom. The van der Waals surface area contributed by atoms with Crippen LogP contribution in [0.3, 0.4) is 0 Å². The largest absolute Gasteiger partial charge is 0.496 e. The third-order valence-corrected chi connectivity index (χ3v) is 3.88. The predicted octanol–water partition coefficient (Wildman–Crippen LogP) is 3.16. The number of nitrogens with zero attached hydrogens (tertiary/aromatic N) is 1. The molecule has 2 aromatic carbocycles. The van der Waals surface area contributed by atoms with Gasteiger partial charge in [0, 0.05) is 32.2 Å². The number of hydrogen-bond acceptors (Lipinski definition) is 3. The van der Waals surface area contributed by atoms with E-state index >= 15 is 0 Å². The summed E-state index contributed by atoms with van der Waals surface area (Å²) in [5.41, 5.74) is 3.57.